The first kappa shape index (κ1) is 19.4. The number of anilines is 1. The van der Waals surface area contributed by atoms with E-state index < -0.39 is 17.2 Å². The van der Waals surface area contributed by atoms with Gasteiger partial charge in [-0.2, -0.15) is 0 Å². The first-order valence-electron chi connectivity index (χ1n) is 9.33. The molecule has 0 aliphatic heterocycles. The Hall–Kier alpha value is -3.94. The van der Waals surface area contributed by atoms with Gasteiger partial charge in [0.1, 0.15) is 11.1 Å². The highest BCUT2D eigenvalue weighted by Gasteiger charge is 2.17. The molecule has 4 rings (SSSR count). The zero-order valence-electron chi connectivity index (χ0n) is 16.8. The number of pyridine rings is 1. The molecule has 1 N–H and O–H groups in total. The minimum Gasteiger partial charge on any atom is -0.484 e. The van der Waals surface area contributed by atoms with Crippen LogP contribution >= 0.6 is 0 Å². The number of amides is 1. The Morgan fingerprint density at radius 1 is 1.07 bits per heavy atom. The van der Waals surface area contributed by atoms with E-state index >= 15 is 0 Å². The number of nitrogens with one attached hydrogen (secondary N) is 1. The first-order valence-corrected chi connectivity index (χ1v) is 9.33. The third-order valence-electron chi connectivity index (χ3n) is 5.01. The number of rotatable bonds is 4. The maximum absolute atomic E-state index is 12.7. The number of benzene rings is 2. The lowest BCUT2D eigenvalue weighted by atomic mass is 10.1. The number of fused-ring (bicyclic) bond motifs is 2. The fourth-order valence-corrected chi connectivity index (χ4v) is 3.37. The predicted octanol–water partition coefficient (Wildman–Crippen LogP) is 2.11. The van der Waals surface area contributed by atoms with Crippen LogP contribution in [0.15, 0.2) is 58.3 Å². The fourth-order valence-electron chi connectivity index (χ4n) is 3.37. The smallest absolute Gasteiger partial charge is 0.332 e. The number of carbonyl (C=O) groups is 1. The third-order valence-corrected chi connectivity index (χ3v) is 5.01. The van der Waals surface area contributed by atoms with E-state index in [-0.39, 0.29) is 17.6 Å². The van der Waals surface area contributed by atoms with Crippen molar-refractivity contribution in [2.24, 2.45) is 14.1 Å². The van der Waals surface area contributed by atoms with Gasteiger partial charge in [0.25, 0.3) is 11.5 Å². The SMILES string of the molecule is Cc1cnc2c(c1NC(=O)COc1ccc3ccccc3c1)c(=O)n(C)c(=O)n2C. The van der Waals surface area contributed by atoms with Crippen LogP contribution in [0.1, 0.15) is 5.56 Å². The van der Waals surface area contributed by atoms with Crippen molar-refractivity contribution in [3.05, 3.63) is 75.1 Å². The average molecular weight is 404 g/mol. The molecule has 0 saturated heterocycles. The molecule has 2 aromatic carbocycles. The third kappa shape index (κ3) is 3.32. The Morgan fingerprint density at radius 3 is 2.57 bits per heavy atom. The Morgan fingerprint density at radius 2 is 1.80 bits per heavy atom. The number of aromatic nitrogens is 3. The first-order chi connectivity index (χ1) is 14.4. The van der Waals surface area contributed by atoms with Crippen LogP contribution in [-0.4, -0.2) is 26.6 Å². The van der Waals surface area contributed by atoms with Crippen LogP contribution in [0.4, 0.5) is 5.69 Å². The molecule has 0 bridgehead atoms. The van der Waals surface area contributed by atoms with E-state index in [1.807, 2.05) is 36.4 Å². The summed E-state index contributed by atoms with van der Waals surface area (Å²) in [6.45, 7) is 1.50. The van der Waals surface area contributed by atoms with Crippen molar-refractivity contribution in [2.45, 2.75) is 6.92 Å². The van der Waals surface area contributed by atoms with Gasteiger partial charge in [0, 0.05) is 20.3 Å². The molecule has 0 aliphatic carbocycles. The molecule has 2 aromatic heterocycles. The number of ether oxygens (including phenoxy) is 1. The number of hydrogen-bond donors (Lipinski definition) is 1. The summed E-state index contributed by atoms with van der Waals surface area (Å²) in [6, 6.07) is 13.4. The Balaban J connectivity index is 1.62. The topological polar surface area (TPSA) is 95.2 Å². The van der Waals surface area contributed by atoms with Gasteiger partial charge in [-0.15, -0.1) is 0 Å². The lowest BCUT2D eigenvalue weighted by molar-refractivity contribution is -0.118. The van der Waals surface area contributed by atoms with Gasteiger partial charge in [0.15, 0.2) is 12.3 Å². The van der Waals surface area contributed by atoms with Crippen LogP contribution in [0.3, 0.4) is 0 Å². The van der Waals surface area contributed by atoms with Gasteiger partial charge in [0.2, 0.25) is 0 Å². The fraction of sp³-hybridized carbons (Fsp3) is 0.182. The lowest BCUT2D eigenvalue weighted by Crippen LogP contribution is -2.38. The van der Waals surface area contributed by atoms with Crippen LogP contribution in [0.25, 0.3) is 21.8 Å². The summed E-state index contributed by atoms with van der Waals surface area (Å²) in [7, 11) is 2.92. The Kier molecular flexibility index (Phi) is 4.83. The standard InChI is InChI=1S/C22H20N4O4/c1-13-11-23-20-18(21(28)26(3)22(29)25(20)2)19(13)24-17(27)12-30-16-9-8-14-6-4-5-7-15(14)10-16/h4-11H,12H2,1-3H3,(H,23,24,27). The Bertz CT molecular complexity index is 1420. The minimum absolute atomic E-state index is 0.179. The number of nitrogens with zero attached hydrogens (tertiary/aromatic N) is 3. The molecule has 0 saturated carbocycles. The highest BCUT2D eigenvalue weighted by atomic mass is 16.5. The van der Waals surface area contributed by atoms with Gasteiger partial charge in [-0.05, 0) is 35.4 Å². The summed E-state index contributed by atoms with van der Waals surface area (Å²) in [5, 5.41) is 5.01. The molecule has 0 fully saturated rings. The Labute approximate surface area is 171 Å². The molecule has 0 radical (unpaired) electrons. The quantitative estimate of drug-likeness (QED) is 0.562. The van der Waals surface area contributed by atoms with E-state index in [0.29, 0.717) is 17.0 Å². The maximum atomic E-state index is 12.7. The largest absolute Gasteiger partial charge is 0.484 e. The van der Waals surface area contributed by atoms with Crippen molar-refractivity contribution in [3.63, 3.8) is 0 Å². The molecular weight excluding hydrogens is 384 g/mol. The molecule has 0 spiro atoms. The van der Waals surface area contributed by atoms with Gasteiger partial charge in [-0.3, -0.25) is 18.7 Å². The van der Waals surface area contributed by atoms with Crippen LogP contribution in [0, 0.1) is 6.92 Å². The van der Waals surface area contributed by atoms with Crippen molar-refractivity contribution < 1.29 is 9.53 Å². The van der Waals surface area contributed by atoms with Crippen LogP contribution in [0.5, 0.6) is 5.75 Å². The van der Waals surface area contributed by atoms with Crippen LogP contribution in [-0.2, 0) is 18.9 Å². The van der Waals surface area contributed by atoms with E-state index in [1.54, 1.807) is 13.0 Å². The van der Waals surface area contributed by atoms with Crippen LogP contribution < -0.4 is 21.3 Å². The highest BCUT2D eigenvalue weighted by molar-refractivity contribution is 6.01. The molecule has 1 amide bonds. The zero-order chi connectivity index (χ0) is 21.4. The summed E-state index contributed by atoms with van der Waals surface area (Å²) < 4.78 is 7.90. The molecule has 0 aliphatic rings. The average Bonchev–Trinajstić information content (AvgIpc) is 2.76. The van der Waals surface area contributed by atoms with Gasteiger partial charge < -0.3 is 10.1 Å². The number of aryl methyl sites for hydroxylation is 2. The molecule has 2 heterocycles. The summed E-state index contributed by atoms with van der Waals surface area (Å²) >= 11 is 0. The van der Waals surface area contributed by atoms with Gasteiger partial charge in [-0.25, -0.2) is 9.78 Å². The summed E-state index contributed by atoms with van der Waals surface area (Å²) in [4.78, 5) is 41.6. The monoisotopic (exact) mass is 404 g/mol. The number of hydrogen-bond acceptors (Lipinski definition) is 5. The van der Waals surface area contributed by atoms with Crippen molar-refractivity contribution >= 4 is 33.4 Å². The summed E-state index contributed by atoms with van der Waals surface area (Å²) in [5.41, 5.74) is 0.135. The normalized spacial score (nSPS) is 11.0. The molecule has 4 aromatic rings. The second-order valence-electron chi connectivity index (χ2n) is 7.07. The van der Waals surface area contributed by atoms with Gasteiger partial charge >= 0.3 is 5.69 Å². The molecule has 30 heavy (non-hydrogen) atoms. The maximum Gasteiger partial charge on any atom is 0.332 e. The molecule has 0 atom stereocenters. The van der Waals surface area contributed by atoms with Crippen LogP contribution in [0.2, 0.25) is 0 Å². The minimum atomic E-state index is -0.518. The lowest BCUT2D eigenvalue weighted by Gasteiger charge is -2.14. The van der Waals surface area contributed by atoms with Crippen molar-refractivity contribution in [3.8, 4) is 5.75 Å². The zero-order valence-corrected chi connectivity index (χ0v) is 16.8. The van der Waals surface area contributed by atoms with Crippen molar-refractivity contribution in [1.82, 2.24) is 14.1 Å². The van der Waals surface area contributed by atoms with E-state index in [9.17, 15) is 14.4 Å². The predicted molar refractivity (Wildman–Crippen MR) is 115 cm³/mol. The van der Waals surface area contributed by atoms with E-state index in [2.05, 4.69) is 10.3 Å². The van der Waals surface area contributed by atoms with Crippen molar-refractivity contribution in [2.75, 3.05) is 11.9 Å². The second kappa shape index (κ2) is 7.47. The van der Waals surface area contributed by atoms with Gasteiger partial charge in [-0.1, -0.05) is 30.3 Å². The van der Waals surface area contributed by atoms with E-state index in [1.165, 1.54) is 24.9 Å². The summed E-state index contributed by atoms with van der Waals surface area (Å²) in [5.74, 6) is 0.146. The molecule has 0 unspecified atom stereocenters. The van der Waals surface area contributed by atoms with E-state index in [4.69, 9.17) is 4.74 Å². The van der Waals surface area contributed by atoms with Crippen molar-refractivity contribution in [1.29, 1.82) is 0 Å². The molecule has 8 nitrogen and oxygen atoms in total. The molecule has 8 heteroatoms. The molecular formula is C22H20N4O4. The summed E-state index contributed by atoms with van der Waals surface area (Å²) in [6.07, 6.45) is 1.51. The highest BCUT2D eigenvalue weighted by Crippen LogP contribution is 2.23. The van der Waals surface area contributed by atoms with Gasteiger partial charge in [0.05, 0.1) is 5.69 Å². The van der Waals surface area contributed by atoms with E-state index in [0.717, 1.165) is 15.3 Å². The second-order valence-corrected chi connectivity index (χ2v) is 7.07. The number of carbonyl (C=O) groups excluding carboxylic acids is 1. The molecule has 152 valence electrons.